The monoisotopic (exact) mass is 245 g/mol. The normalized spacial score (nSPS) is 14.7. The number of amides is 1. The fourth-order valence-electron chi connectivity index (χ4n) is 1.70. The topological polar surface area (TPSA) is 67.6 Å². The largest absolute Gasteiger partial charge is 0.383 e. The third-order valence-corrected chi connectivity index (χ3v) is 3.31. The zero-order valence-electron chi connectivity index (χ0n) is 11.6. The molecule has 0 radical (unpaired) electrons. The van der Waals surface area contributed by atoms with Crippen LogP contribution in [0.3, 0.4) is 0 Å². The van der Waals surface area contributed by atoms with E-state index in [1.54, 1.807) is 7.11 Å². The molecule has 102 valence electrons. The van der Waals surface area contributed by atoms with Crippen LogP contribution in [-0.4, -0.2) is 56.2 Å². The lowest BCUT2D eigenvalue weighted by Crippen LogP contribution is -2.54. The average Bonchev–Trinajstić information content (AvgIpc) is 2.35. The maximum absolute atomic E-state index is 11.7. The predicted octanol–water partition coefficient (Wildman–Crippen LogP) is 0.198. The van der Waals surface area contributed by atoms with Crippen LogP contribution < -0.4 is 11.1 Å². The Labute approximate surface area is 105 Å². The van der Waals surface area contributed by atoms with Crippen LogP contribution in [0.5, 0.6) is 0 Å². The third-order valence-electron chi connectivity index (χ3n) is 3.31. The summed E-state index contributed by atoms with van der Waals surface area (Å²) in [5.74, 6) is 0.0250. The van der Waals surface area contributed by atoms with E-state index in [9.17, 15) is 4.79 Å². The van der Waals surface area contributed by atoms with Gasteiger partial charge in [-0.1, -0.05) is 13.8 Å². The Balaban J connectivity index is 4.24. The van der Waals surface area contributed by atoms with Gasteiger partial charge >= 0.3 is 0 Å². The Morgan fingerprint density at radius 3 is 2.53 bits per heavy atom. The standard InChI is InChI=1S/C12H27N3O2/c1-5-12(3,10-13)15(6-2)9-11(16)14-7-8-17-4/h5-10,13H2,1-4H3,(H,14,16). The van der Waals surface area contributed by atoms with Crippen molar-refractivity contribution < 1.29 is 9.53 Å². The summed E-state index contributed by atoms with van der Waals surface area (Å²) >= 11 is 0. The van der Waals surface area contributed by atoms with Gasteiger partial charge in [0.15, 0.2) is 0 Å². The molecule has 0 saturated heterocycles. The predicted molar refractivity (Wildman–Crippen MR) is 69.9 cm³/mol. The molecule has 0 aliphatic rings. The van der Waals surface area contributed by atoms with Gasteiger partial charge in [-0.2, -0.15) is 0 Å². The number of nitrogens with zero attached hydrogens (tertiary/aromatic N) is 1. The van der Waals surface area contributed by atoms with Gasteiger partial charge in [0, 0.05) is 25.7 Å². The summed E-state index contributed by atoms with van der Waals surface area (Å²) in [7, 11) is 1.62. The van der Waals surface area contributed by atoms with E-state index < -0.39 is 0 Å². The van der Waals surface area contributed by atoms with Crippen LogP contribution in [0.1, 0.15) is 27.2 Å². The molecule has 17 heavy (non-hydrogen) atoms. The highest BCUT2D eigenvalue weighted by Gasteiger charge is 2.28. The van der Waals surface area contributed by atoms with Crippen LogP contribution in [0.25, 0.3) is 0 Å². The molecule has 0 fully saturated rings. The Hall–Kier alpha value is -0.650. The molecule has 0 aliphatic carbocycles. The molecule has 0 saturated carbocycles. The first-order valence-electron chi connectivity index (χ1n) is 6.24. The fourth-order valence-corrected chi connectivity index (χ4v) is 1.70. The number of rotatable bonds is 9. The van der Waals surface area contributed by atoms with Gasteiger partial charge < -0.3 is 15.8 Å². The van der Waals surface area contributed by atoms with Crippen molar-refractivity contribution in [3.8, 4) is 0 Å². The van der Waals surface area contributed by atoms with Crippen molar-refractivity contribution in [3.63, 3.8) is 0 Å². The number of carbonyl (C=O) groups excluding carboxylic acids is 1. The van der Waals surface area contributed by atoms with Gasteiger partial charge in [-0.15, -0.1) is 0 Å². The van der Waals surface area contributed by atoms with Crippen LogP contribution >= 0.6 is 0 Å². The molecule has 0 heterocycles. The average molecular weight is 245 g/mol. The van der Waals surface area contributed by atoms with Crippen LogP contribution in [0.4, 0.5) is 0 Å². The van der Waals surface area contributed by atoms with Crippen molar-refractivity contribution in [1.82, 2.24) is 10.2 Å². The Morgan fingerprint density at radius 1 is 1.47 bits per heavy atom. The Kier molecular flexibility index (Phi) is 8.12. The highest BCUT2D eigenvalue weighted by atomic mass is 16.5. The highest BCUT2D eigenvalue weighted by molar-refractivity contribution is 5.78. The number of hydrogen-bond acceptors (Lipinski definition) is 4. The van der Waals surface area contributed by atoms with Crippen LogP contribution in [-0.2, 0) is 9.53 Å². The molecule has 5 nitrogen and oxygen atoms in total. The first-order chi connectivity index (χ1) is 8.03. The number of carbonyl (C=O) groups is 1. The molecular formula is C12H27N3O2. The van der Waals surface area contributed by atoms with Gasteiger partial charge in [0.2, 0.25) is 5.91 Å². The second kappa shape index (κ2) is 8.44. The number of hydrogen-bond donors (Lipinski definition) is 2. The SMILES string of the molecule is CCN(CC(=O)NCCOC)C(C)(CC)CN. The van der Waals surface area contributed by atoms with Crippen molar-refractivity contribution in [2.75, 3.05) is 39.9 Å². The van der Waals surface area contributed by atoms with E-state index in [1.807, 2.05) is 6.92 Å². The number of methoxy groups -OCH3 is 1. The zero-order valence-corrected chi connectivity index (χ0v) is 11.6. The zero-order chi connectivity index (χ0) is 13.3. The maximum atomic E-state index is 11.7. The molecule has 0 aromatic rings. The molecule has 5 heteroatoms. The minimum atomic E-state index is -0.104. The van der Waals surface area contributed by atoms with E-state index in [2.05, 4.69) is 24.1 Å². The molecule has 1 amide bonds. The summed E-state index contributed by atoms with van der Waals surface area (Å²) in [6.45, 7) is 9.10. The lowest BCUT2D eigenvalue weighted by molar-refractivity contribution is -0.123. The van der Waals surface area contributed by atoms with Crippen molar-refractivity contribution in [1.29, 1.82) is 0 Å². The van der Waals surface area contributed by atoms with Crippen LogP contribution in [0, 0.1) is 0 Å². The lowest BCUT2D eigenvalue weighted by Gasteiger charge is -2.39. The molecule has 0 aromatic heterocycles. The second-order valence-electron chi connectivity index (χ2n) is 4.41. The van der Waals surface area contributed by atoms with E-state index in [1.165, 1.54) is 0 Å². The minimum Gasteiger partial charge on any atom is -0.383 e. The quantitative estimate of drug-likeness (QED) is 0.569. The van der Waals surface area contributed by atoms with Crippen LogP contribution in [0.15, 0.2) is 0 Å². The maximum Gasteiger partial charge on any atom is 0.234 e. The van der Waals surface area contributed by atoms with Gasteiger partial charge in [-0.3, -0.25) is 9.69 Å². The van der Waals surface area contributed by atoms with Crippen molar-refractivity contribution in [2.45, 2.75) is 32.7 Å². The summed E-state index contributed by atoms with van der Waals surface area (Å²) in [4.78, 5) is 13.8. The number of likely N-dealkylation sites (N-methyl/N-ethyl adjacent to an activating group) is 1. The smallest absolute Gasteiger partial charge is 0.234 e. The van der Waals surface area contributed by atoms with Gasteiger partial charge in [-0.25, -0.2) is 0 Å². The molecule has 3 N–H and O–H groups in total. The second-order valence-corrected chi connectivity index (χ2v) is 4.41. The van der Waals surface area contributed by atoms with Crippen molar-refractivity contribution in [3.05, 3.63) is 0 Å². The first kappa shape index (κ1) is 16.4. The molecule has 0 aliphatic heterocycles. The van der Waals surface area contributed by atoms with Gasteiger partial charge in [0.05, 0.1) is 13.2 Å². The van der Waals surface area contributed by atoms with Crippen LogP contribution in [0.2, 0.25) is 0 Å². The Morgan fingerprint density at radius 2 is 2.12 bits per heavy atom. The fraction of sp³-hybridized carbons (Fsp3) is 0.917. The molecule has 0 aromatic carbocycles. The summed E-state index contributed by atoms with van der Waals surface area (Å²) in [5.41, 5.74) is 5.69. The van der Waals surface area contributed by atoms with E-state index in [0.29, 0.717) is 26.2 Å². The summed E-state index contributed by atoms with van der Waals surface area (Å²) in [6, 6.07) is 0. The summed E-state index contributed by atoms with van der Waals surface area (Å²) in [5, 5.41) is 2.82. The van der Waals surface area contributed by atoms with E-state index >= 15 is 0 Å². The van der Waals surface area contributed by atoms with E-state index in [0.717, 1.165) is 13.0 Å². The van der Waals surface area contributed by atoms with Gasteiger partial charge in [-0.05, 0) is 19.9 Å². The lowest BCUT2D eigenvalue weighted by atomic mass is 9.96. The molecule has 0 bridgehead atoms. The number of nitrogens with one attached hydrogen (secondary N) is 1. The molecule has 0 spiro atoms. The molecule has 1 atom stereocenters. The van der Waals surface area contributed by atoms with Gasteiger partial charge in [0.1, 0.15) is 0 Å². The summed E-state index contributed by atoms with van der Waals surface area (Å²) in [6.07, 6.45) is 0.933. The minimum absolute atomic E-state index is 0.0250. The Bertz CT molecular complexity index is 218. The molecule has 0 rings (SSSR count). The molecule has 1 unspecified atom stereocenters. The number of ether oxygens (including phenoxy) is 1. The van der Waals surface area contributed by atoms with Crippen molar-refractivity contribution in [2.24, 2.45) is 5.73 Å². The van der Waals surface area contributed by atoms with Gasteiger partial charge in [0.25, 0.3) is 0 Å². The molecular weight excluding hydrogens is 218 g/mol. The van der Waals surface area contributed by atoms with Crippen molar-refractivity contribution >= 4 is 5.91 Å². The third kappa shape index (κ3) is 5.48. The highest BCUT2D eigenvalue weighted by Crippen LogP contribution is 2.17. The number of nitrogens with two attached hydrogens (primary N) is 1. The van der Waals surface area contributed by atoms with E-state index in [-0.39, 0.29) is 11.4 Å². The summed E-state index contributed by atoms with van der Waals surface area (Å²) < 4.78 is 4.88. The van der Waals surface area contributed by atoms with E-state index in [4.69, 9.17) is 10.5 Å². The first-order valence-corrected chi connectivity index (χ1v) is 6.24.